The number of hydrogen-bond donors (Lipinski definition) is 1. The summed E-state index contributed by atoms with van der Waals surface area (Å²) in [5, 5.41) is 3.43. The minimum Gasteiger partial charge on any atom is -0.496 e. The molecule has 0 atom stereocenters. The van der Waals surface area contributed by atoms with Crippen molar-refractivity contribution in [3.05, 3.63) is 57.0 Å². The van der Waals surface area contributed by atoms with E-state index in [2.05, 4.69) is 21.2 Å². The topological polar surface area (TPSA) is 38.3 Å². The molecule has 5 heteroatoms. The van der Waals surface area contributed by atoms with E-state index in [0.29, 0.717) is 22.0 Å². The monoisotopic (exact) mass is 353 g/mol. The molecule has 0 heterocycles. The van der Waals surface area contributed by atoms with E-state index in [1.165, 1.54) is 0 Å². The van der Waals surface area contributed by atoms with Crippen LogP contribution in [0.1, 0.15) is 15.9 Å². The van der Waals surface area contributed by atoms with Crippen LogP contribution in [0.3, 0.4) is 0 Å². The van der Waals surface area contributed by atoms with Crippen LogP contribution in [0, 0.1) is 6.92 Å². The smallest absolute Gasteiger partial charge is 0.255 e. The van der Waals surface area contributed by atoms with Gasteiger partial charge in [0, 0.05) is 16.3 Å². The Balaban J connectivity index is 2.24. The fourth-order valence-electron chi connectivity index (χ4n) is 1.73. The van der Waals surface area contributed by atoms with Gasteiger partial charge >= 0.3 is 0 Å². The van der Waals surface area contributed by atoms with Crippen molar-refractivity contribution in [1.82, 2.24) is 0 Å². The van der Waals surface area contributed by atoms with Crippen LogP contribution in [0.25, 0.3) is 0 Å². The second-order valence-corrected chi connectivity index (χ2v) is 5.55. The predicted octanol–water partition coefficient (Wildman–Crippen LogP) is 4.67. The zero-order valence-electron chi connectivity index (χ0n) is 11.0. The molecule has 20 heavy (non-hydrogen) atoms. The van der Waals surface area contributed by atoms with Gasteiger partial charge in [-0.15, -0.1) is 0 Å². The van der Waals surface area contributed by atoms with Crippen LogP contribution in [-0.2, 0) is 0 Å². The van der Waals surface area contributed by atoms with Gasteiger partial charge in [-0.05, 0) is 58.7 Å². The molecule has 0 fully saturated rings. The van der Waals surface area contributed by atoms with Gasteiger partial charge in [-0.25, -0.2) is 0 Å². The average Bonchev–Trinajstić information content (AvgIpc) is 2.42. The number of amides is 1. The number of anilines is 1. The van der Waals surface area contributed by atoms with E-state index in [-0.39, 0.29) is 5.91 Å². The first-order valence-electron chi connectivity index (χ1n) is 5.92. The molecular weight excluding hydrogens is 342 g/mol. The van der Waals surface area contributed by atoms with Crippen LogP contribution in [0.15, 0.2) is 40.9 Å². The average molecular weight is 355 g/mol. The first kappa shape index (κ1) is 14.9. The lowest BCUT2D eigenvalue weighted by molar-refractivity contribution is 0.102. The summed E-state index contributed by atoms with van der Waals surface area (Å²) in [4.78, 5) is 12.2. The molecular formula is C15H13BrClNO2. The highest BCUT2D eigenvalue weighted by atomic mass is 79.9. The summed E-state index contributed by atoms with van der Waals surface area (Å²) in [5.74, 6) is 0.485. The van der Waals surface area contributed by atoms with Gasteiger partial charge in [-0.2, -0.15) is 0 Å². The number of carbonyl (C=O) groups is 1. The van der Waals surface area contributed by atoms with Crippen molar-refractivity contribution in [2.24, 2.45) is 0 Å². The van der Waals surface area contributed by atoms with Crippen molar-refractivity contribution in [3.63, 3.8) is 0 Å². The lowest BCUT2D eigenvalue weighted by Crippen LogP contribution is -2.12. The molecule has 0 aliphatic heterocycles. The zero-order valence-corrected chi connectivity index (χ0v) is 13.4. The number of aryl methyl sites for hydroxylation is 1. The van der Waals surface area contributed by atoms with Crippen LogP contribution in [0.4, 0.5) is 5.69 Å². The number of halogens is 2. The quantitative estimate of drug-likeness (QED) is 0.869. The molecule has 0 aromatic heterocycles. The second-order valence-electron chi connectivity index (χ2n) is 4.26. The van der Waals surface area contributed by atoms with Gasteiger partial charge in [0.25, 0.3) is 5.91 Å². The Kier molecular flexibility index (Phi) is 4.68. The molecule has 2 rings (SSSR count). The Morgan fingerprint density at radius 3 is 2.65 bits per heavy atom. The summed E-state index contributed by atoms with van der Waals surface area (Å²) in [6, 6.07) is 10.5. The molecule has 1 N–H and O–H groups in total. The standard InChI is InChI=1S/C15H13BrClNO2/c1-9-3-5-11(17)8-13(9)18-15(19)10-4-6-14(20-2)12(16)7-10/h3-8H,1-2H3,(H,18,19). The van der Waals surface area contributed by atoms with Crippen molar-refractivity contribution in [2.45, 2.75) is 6.92 Å². The molecule has 0 saturated carbocycles. The molecule has 0 saturated heterocycles. The summed E-state index contributed by atoms with van der Waals surface area (Å²) in [5.41, 5.74) is 2.20. The largest absolute Gasteiger partial charge is 0.496 e. The van der Waals surface area contributed by atoms with Crippen LogP contribution in [-0.4, -0.2) is 13.0 Å². The summed E-state index contributed by atoms with van der Waals surface area (Å²) in [7, 11) is 1.58. The SMILES string of the molecule is COc1ccc(C(=O)Nc2cc(Cl)ccc2C)cc1Br. The van der Waals surface area contributed by atoms with Gasteiger partial charge in [0.1, 0.15) is 5.75 Å². The molecule has 2 aromatic rings. The number of rotatable bonds is 3. The van der Waals surface area contributed by atoms with Crippen molar-refractivity contribution in [1.29, 1.82) is 0 Å². The summed E-state index contributed by atoms with van der Waals surface area (Å²) in [6.45, 7) is 1.91. The van der Waals surface area contributed by atoms with Crippen molar-refractivity contribution < 1.29 is 9.53 Å². The van der Waals surface area contributed by atoms with Crippen molar-refractivity contribution in [3.8, 4) is 5.75 Å². The number of methoxy groups -OCH3 is 1. The highest BCUT2D eigenvalue weighted by Crippen LogP contribution is 2.26. The minimum atomic E-state index is -0.196. The first-order valence-corrected chi connectivity index (χ1v) is 7.09. The molecule has 0 unspecified atom stereocenters. The van der Waals surface area contributed by atoms with Gasteiger partial charge in [0.05, 0.1) is 11.6 Å². The van der Waals surface area contributed by atoms with Crippen molar-refractivity contribution >= 4 is 39.1 Å². The van der Waals surface area contributed by atoms with Gasteiger partial charge in [0.15, 0.2) is 0 Å². The Morgan fingerprint density at radius 1 is 1.25 bits per heavy atom. The molecule has 0 aliphatic carbocycles. The lowest BCUT2D eigenvalue weighted by atomic mass is 10.1. The van der Waals surface area contributed by atoms with Crippen LogP contribution >= 0.6 is 27.5 Å². The first-order chi connectivity index (χ1) is 9.51. The van der Waals surface area contributed by atoms with Crippen LogP contribution in [0.5, 0.6) is 5.75 Å². The molecule has 0 aliphatic rings. The molecule has 0 bridgehead atoms. The minimum absolute atomic E-state index is 0.196. The third kappa shape index (κ3) is 3.32. The van der Waals surface area contributed by atoms with E-state index in [4.69, 9.17) is 16.3 Å². The summed E-state index contributed by atoms with van der Waals surface area (Å²) < 4.78 is 5.87. The Hall–Kier alpha value is -1.52. The van der Waals surface area contributed by atoms with E-state index >= 15 is 0 Å². The number of nitrogens with one attached hydrogen (secondary N) is 1. The summed E-state index contributed by atoms with van der Waals surface area (Å²) in [6.07, 6.45) is 0. The van der Waals surface area contributed by atoms with E-state index in [9.17, 15) is 4.79 Å². The van der Waals surface area contributed by atoms with Crippen LogP contribution < -0.4 is 10.1 Å². The highest BCUT2D eigenvalue weighted by molar-refractivity contribution is 9.10. The van der Waals surface area contributed by atoms with Gasteiger partial charge in [-0.1, -0.05) is 17.7 Å². The molecule has 3 nitrogen and oxygen atoms in total. The fraction of sp³-hybridized carbons (Fsp3) is 0.133. The fourth-order valence-corrected chi connectivity index (χ4v) is 2.44. The van der Waals surface area contributed by atoms with Crippen molar-refractivity contribution in [2.75, 3.05) is 12.4 Å². The predicted molar refractivity (Wildman–Crippen MR) is 84.8 cm³/mol. The maximum absolute atomic E-state index is 12.2. The maximum atomic E-state index is 12.2. The molecule has 1 amide bonds. The van der Waals surface area contributed by atoms with Gasteiger partial charge in [0.2, 0.25) is 0 Å². The third-order valence-corrected chi connectivity index (χ3v) is 3.72. The van der Waals surface area contributed by atoms with Gasteiger partial charge < -0.3 is 10.1 Å². The molecule has 2 aromatic carbocycles. The molecule has 0 radical (unpaired) electrons. The van der Waals surface area contributed by atoms with Gasteiger partial charge in [-0.3, -0.25) is 4.79 Å². The number of carbonyl (C=O) groups excluding carboxylic acids is 1. The van der Waals surface area contributed by atoms with Crippen LogP contribution in [0.2, 0.25) is 5.02 Å². The Labute approximate surface area is 131 Å². The molecule has 104 valence electrons. The number of ether oxygens (including phenoxy) is 1. The number of hydrogen-bond acceptors (Lipinski definition) is 2. The number of benzene rings is 2. The Morgan fingerprint density at radius 2 is 2.00 bits per heavy atom. The maximum Gasteiger partial charge on any atom is 0.255 e. The zero-order chi connectivity index (χ0) is 14.7. The van der Waals surface area contributed by atoms with E-state index in [1.54, 1.807) is 37.4 Å². The summed E-state index contributed by atoms with van der Waals surface area (Å²) >= 11 is 9.30. The molecule has 0 spiro atoms. The third-order valence-electron chi connectivity index (χ3n) is 2.86. The Bertz CT molecular complexity index is 658. The van der Waals surface area contributed by atoms with E-state index < -0.39 is 0 Å². The normalized spacial score (nSPS) is 10.2. The van der Waals surface area contributed by atoms with E-state index in [0.717, 1.165) is 10.0 Å². The van der Waals surface area contributed by atoms with E-state index in [1.807, 2.05) is 13.0 Å². The lowest BCUT2D eigenvalue weighted by Gasteiger charge is -2.10. The highest BCUT2D eigenvalue weighted by Gasteiger charge is 2.10. The second kappa shape index (κ2) is 6.29.